The molecule has 0 atom stereocenters. The normalized spacial score (nSPS) is 20.0. The summed E-state index contributed by atoms with van der Waals surface area (Å²) in [6.07, 6.45) is 7.53. The monoisotopic (exact) mass is 240 g/mol. The summed E-state index contributed by atoms with van der Waals surface area (Å²) in [5, 5.41) is 3.12. The van der Waals surface area contributed by atoms with E-state index >= 15 is 0 Å². The van der Waals surface area contributed by atoms with E-state index < -0.39 is 0 Å². The first kappa shape index (κ1) is 14.5. The maximum absolute atomic E-state index is 12.1. The van der Waals surface area contributed by atoms with Gasteiger partial charge >= 0.3 is 0 Å². The Balaban J connectivity index is 2.53. The molecule has 0 heterocycles. The maximum atomic E-state index is 12.1. The van der Waals surface area contributed by atoms with Crippen molar-refractivity contribution in [3.05, 3.63) is 0 Å². The van der Waals surface area contributed by atoms with Crippen LogP contribution in [0.2, 0.25) is 0 Å². The van der Waals surface area contributed by atoms with Gasteiger partial charge < -0.3 is 11.1 Å². The molecule has 100 valence electrons. The van der Waals surface area contributed by atoms with Crippen LogP contribution >= 0.6 is 0 Å². The van der Waals surface area contributed by atoms with Crippen molar-refractivity contribution in [1.29, 1.82) is 0 Å². The van der Waals surface area contributed by atoms with Gasteiger partial charge in [-0.2, -0.15) is 0 Å². The van der Waals surface area contributed by atoms with Crippen LogP contribution in [0.4, 0.5) is 0 Å². The Morgan fingerprint density at radius 1 is 1.29 bits per heavy atom. The molecule has 3 nitrogen and oxygen atoms in total. The number of carbonyl (C=O) groups excluding carboxylic acids is 1. The first-order valence-corrected chi connectivity index (χ1v) is 6.94. The lowest BCUT2D eigenvalue weighted by molar-refractivity contribution is -0.125. The van der Waals surface area contributed by atoms with Crippen LogP contribution in [-0.4, -0.2) is 18.0 Å². The highest BCUT2D eigenvalue weighted by Crippen LogP contribution is 2.38. The van der Waals surface area contributed by atoms with Crippen molar-refractivity contribution >= 4 is 5.91 Å². The summed E-state index contributed by atoms with van der Waals surface area (Å²) in [5.74, 6) is 0.171. The van der Waals surface area contributed by atoms with E-state index in [-0.39, 0.29) is 16.9 Å². The van der Waals surface area contributed by atoms with Crippen LogP contribution in [0.25, 0.3) is 0 Å². The van der Waals surface area contributed by atoms with Gasteiger partial charge in [0.25, 0.3) is 0 Å². The molecule has 0 aromatic carbocycles. The molecule has 0 saturated heterocycles. The van der Waals surface area contributed by atoms with Gasteiger partial charge in [0.05, 0.1) is 0 Å². The number of nitrogens with two attached hydrogens (primary N) is 1. The first-order chi connectivity index (χ1) is 7.93. The molecule has 17 heavy (non-hydrogen) atoms. The summed E-state index contributed by atoms with van der Waals surface area (Å²) in [6.45, 7) is 6.88. The smallest absolute Gasteiger partial charge is 0.221 e. The minimum absolute atomic E-state index is 0.0756. The maximum Gasteiger partial charge on any atom is 0.221 e. The Bertz CT molecular complexity index is 255. The number of rotatable bonds is 5. The average Bonchev–Trinajstić information content (AvgIpc) is 2.29. The summed E-state index contributed by atoms with van der Waals surface area (Å²) < 4.78 is 0. The topological polar surface area (TPSA) is 55.1 Å². The van der Waals surface area contributed by atoms with E-state index in [0.29, 0.717) is 13.0 Å². The van der Waals surface area contributed by atoms with Gasteiger partial charge in [-0.1, -0.05) is 26.2 Å². The highest BCUT2D eigenvalue weighted by atomic mass is 16.1. The van der Waals surface area contributed by atoms with Crippen molar-refractivity contribution in [2.45, 2.75) is 71.3 Å². The SMILES string of the molecule is CCC(C)(C)NC(=O)CC1(CN)CCCCC1. The predicted molar refractivity (Wildman–Crippen MR) is 71.7 cm³/mol. The fourth-order valence-corrected chi connectivity index (χ4v) is 2.61. The molecule has 0 radical (unpaired) electrons. The molecule has 0 aliphatic heterocycles. The third kappa shape index (κ3) is 4.30. The van der Waals surface area contributed by atoms with E-state index in [2.05, 4.69) is 26.1 Å². The molecule has 0 aromatic rings. The zero-order chi connectivity index (χ0) is 12.9. The predicted octanol–water partition coefficient (Wildman–Crippen LogP) is 2.59. The zero-order valence-corrected chi connectivity index (χ0v) is 11.6. The van der Waals surface area contributed by atoms with E-state index in [9.17, 15) is 4.79 Å². The standard InChI is InChI=1S/C14H28N2O/c1-4-13(2,3)16-12(17)10-14(11-15)8-6-5-7-9-14/h4-11,15H2,1-3H3,(H,16,17). The van der Waals surface area contributed by atoms with Crippen LogP contribution in [-0.2, 0) is 4.79 Å². The fraction of sp³-hybridized carbons (Fsp3) is 0.929. The number of hydrogen-bond donors (Lipinski definition) is 2. The van der Waals surface area contributed by atoms with Gasteiger partial charge in [0.2, 0.25) is 5.91 Å². The minimum atomic E-state index is -0.0957. The Hall–Kier alpha value is -0.570. The molecule has 1 aliphatic carbocycles. The Morgan fingerprint density at radius 3 is 2.35 bits per heavy atom. The third-order valence-corrected chi connectivity index (χ3v) is 4.24. The van der Waals surface area contributed by atoms with Gasteiger partial charge in [0.1, 0.15) is 0 Å². The molecule has 3 N–H and O–H groups in total. The minimum Gasteiger partial charge on any atom is -0.351 e. The van der Waals surface area contributed by atoms with Gasteiger partial charge in [-0.15, -0.1) is 0 Å². The summed E-state index contributed by atoms with van der Waals surface area (Å²) >= 11 is 0. The number of nitrogens with one attached hydrogen (secondary N) is 1. The number of hydrogen-bond acceptors (Lipinski definition) is 2. The van der Waals surface area contributed by atoms with E-state index in [1.807, 2.05) is 0 Å². The van der Waals surface area contributed by atoms with E-state index in [4.69, 9.17) is 5.73 Å². The van der Waals surface area contributed by atoms with Crippen molar-refractivity contribution in [3.63, 3.8) is 0 Å². The Morgan fingerprint density at radius 2 is 1.88 bits per heavy atom. The van der Waals surface area contributed by atoms with Crippen LogP contribution in [0.5, 0.6) is 0 Å². The molecule has 0 aromatic heterocycles. The summed E-state index contributed by atoms with van der Waals surface area (Å²) in [6, 6.07) is 0. The molecule has 1 saturated carbocycles. The second-order valence-electron chi connectivity index (χ2n) is 6.23. The number of amides is 1. The molecule has 1 amide bonds. The van der Waals surface area contributed by atoms with Crippen molar-refractivity contribution in [2.75, 3.05) is 6.54 Å². The quantitative estimate of drug-likeness (QED) is 0.776. The average molecular weight is 240 g/mol. The molecule has 0 spiro atoms. The molecule has 3 heteroatoms. The summed E-state index contributed by atoms with van der Waals surface area (Å²) in [4.78, 5) is 12.1. The van der Waals surface area contributed by atoms with Crippen molar-refractivity contribution in [2.24, 2.45) is 11.1 Å². The highest BCUT2D eigenvalue weighted by molar-refractivity contribution is 5.77. The van der Waals surface area contributed by atoms with E-state index in [1.54, 1.807) is 0 Å². The lowest BCUT2D eigenvalue weighted by Gasteiger charge is -2.37. The highest BCUT2D eigenvalue weighted by Gasteiger charge is 2.33. The Labute approximate surface area is 106 Å². The van der Waals surface area contributed by atoms with Crippen molar-refractivity contribution in [1.82, 2.24) is 5.32 Å². The van der Waals surface area contributed by atoms with E-state index in [0.717, 1.165) is 19.3 Å². The Kier molecular flexibility index (Phi) is 4.99. The molecular formula is C14H28N2O. The van der Waals surface area contributed by atoms with Gasteiger partial charge in [0, 0.05) is 12.0 Å². The van der Waals surface area contributed by atoms with Crippen LogP contribution in [0, 0.1) is 5.41 Å². The molecule has 1 aliphatic rings. The van der Waals surface area contributed by atoms with Crippen molar-refractivity contribution in [3.8, 4) is 0 Å². The first-order valence-electron chi connectivity index (χ1n) is 6.94. The largest absolute Gasteiger partial charge is 0.351 e. The van der Waals surface area contributed by atoms with Crippen LogP contribution < -0.4 is 11.1 Å². The van der Waals surface area contributed by atoms with Crippen molar-refractivity contribution < 1.29 is 4.79 Å². The van der Waals surface area contributed by atoms with Gasteiger partial charge in [-0.05, 0) is 45.1 Å². The lowest BCUT2D eigenvalue weighted by Crippen LogP contribution is -2.46. The zero-order valence-electron chi connectivity index (χ0n) is 11.6. The second-order valence-corrected chi connectivity index (χ2v) is 6.23. The summed E-state index contributed by atoms with van der Waals surface area (Å²) in [5.41, 5.74) is 5.88. The molecule has 1 fully saturated rings. The van der Waals surface area contributed by atoms with Gasteiger partial charge in [-0.25, -0.2) is 0 Å². The molecule has 1 rings (SSSR count). The van der Waals surface area contributed by atoms with Crippen LogP contribution in [0.15, 0.2) is 0 Å². The summed E-state index contributed by atoms with van der Waals surface area (Å²) in [7, 11) is 0. The molecule has 0 bridgehead atoms. The molecule has 0 unspecified atom stereocenters. The lowest BCUT2D eigenvalue weighted by atomic mass is 9.71. The van der Waals surface area contributed by atoms with Gasteiger partial charge in [-0.3, -0.25) is 4.79 Å². The van der Waals surface area contributed by atoms with Gasteiger partial charge in [0.15, 0.2) is 0 Å². The van der Waals surface area contributed by atoms with Crippen LogP contribution in [0.1, 0.15) is 65.7 Å². The number of carbonyl (C=O) groups is 1. The van der Waals surface area contributed by atoms with Crippen LogP contribution in [0.3, 0.4) is 0 Å². The second kappa shape index (κ2) is 5.85. The molecular weight excluding hydrogens is 212 g/mol. The third-order valence-electron chi connectivity index (χ3n) is 4.24. The van der Waals surface area contributed by atoms with E-state index in [1.165, 1.54) is 19.3 Å². The fourth-order valence-electron chi connectivity index (χ4n) is 2.61.